The number of carbonyl (C=O) groups is 1. The van der Waals surface area contributed by atoms with Crippen molar-refractivity contribution in [2.75, 3.05) is 20.2 Å². The molecule has 4 heteroatoms. The second-order valence-corrected chi connectivity index (χ2v) is 5.43. The van der Waals surface area contributed by atoms with Crippen LogP contribution in [-0.4, -0.2) is 42.6 Å². The van der Waals surface area contributed by atoms with E-state index in [2.05, 4.69) is 13.8 Å². The summed E-state index contributed by atoms with van der Waals surface area (Å²) in [6, 6.07) is -0.376. The van der Waals surface area contributed by atoms with E-state index in [1.807, 2.05) is 11.8 Å². The lowest BCUT2D eigenvalue weighted by atomic mass is 9.92. The Labute approximate surface area is 104 Å². The first-order valence-electron chi connectivity index (χ1n) is 6.53. The fourth-order valence-electron chi connectivity index (χ4n) is 2.27. The highest BCUT2D eigenvalue weighted by molar-refractivity contribution is 5.82. The standard InChI is InChI=1S/C13H26N2O2/c1-5-10(2)11(14)12(16)15-8-6-7-13(3,9-15)17-4/h10-11H,5-9,14H2,1-4H3/t10?,11-,13?/m0/s1. The molecule has 0 aliphatic carbocycles. The molecule has 1 aliphatic heterocycles. The van der Waals surface area contributed by atoms with Crippen molar-refractivity contribution in [1.29, 1.82) is 0 Å². The van der Waals surface area contributed by atoms with Crippen molar-refractivity contribution in [2.24, 2.45) is 11.7 Å². The van der Waals surface area contributed by atoms with Gasteiger partial charge in [-0.05, 0) is 25.7 Å². The maximum atomic E-state index is 12.2. The molecule has 4 nitrogen and oxygen atoms in total. The third-order valence-corrected chi connectivity index (χ3v) is 4.01. The second-order valence-electron chi connectivity index (χ2n) is 5.43. The molecule has 1 heterocycles. The van der Waals surface area contributed by atoms with E-state index in [1.165, 1.54) is 0 Å². The Kier molecular flexibility index (Phi) is 4.95. The van der Waals surface area contributed by atoms with Crippen LogP contribution in [0.5, 0.6) is 0 Å². The first-order chi connectivity index (χ1) is 7.93. The number of ether oxygens (including phenoxy) is 1. The lowest BCUT2D eigenvalue weighted by Gasteiger charge is -2.40. The number of piperidine rings is 1. The first-order valence-corrected chi connectivity index (χ1v) is 6.53. The smallest absolute Gasteiger partial charge is 0.239 e. The number of likely N-dealkylation sites (tertiary alicyclic amines) is 1. The van der Waals surface area contributed by atoms with Crippen LogP contribution < -0.4 is 5.73 Å². The molecule has 0 radical (unpaired) electrons. The third-order valence-electron chi connectivity index (χ3n) is 4.01. The van der Waals surface area contributed by atoms with Gasteiger partial charge < -0.3 is 15.4 Å². The largest absolute Gasteiger partial charge is 0.377 e. The van der Waals surface area contributed by atoms with Crippen LogP contribution in [0.3, 0.4) is 0 Å². The summed E-state index contributed by atoms with van der Waals surface area (Å²) in [5, 5.41) is 0. The molecule has 1 aliphatic rings. The summed E-state index contributed by atoms with van der Waals surface area (Å²) in [5.41, 5.74) is 5.79. The van der Waals surface area contributed by atoms with E-state index in [9.17, 15) is 4.79 Å². The van der Waals surface area contributed by atoms with Crippen molar-refractivity contribution in [3.05, 3.63) is 0 Å². The number of nitrogens with zero attached hydrogens (tertiary/aromatic N) is 1. The molecule has 2 unspecified atom stereocenters. The Morgan fingerprint density at radius 3 is 2.76 bits per heavy atom. The van der Waals surface area contributed by atoms with E-state index in [0.29, 0.717) is 6.54 Å². The SMILES string of the molecule is CCC(C)[C@H](N)C(=O)N1CCCC(C)(OC)C1. The summed E-state index contributed by atoms with van der Waals surface area (Å²) in [5.74, 6) is 0.306. The monoisotopic (exact) mass is 242 g/mol. The fraction of sp³-hybridized carbons (Fsp3) is 0.923. The summed E-state index contributed by atoms with van der Waals surface area (Å²) in [6.45, 7) is 7.62. The number of nitrogens with two attached hydrogens (primary N) is 1. The molecule has 1 fully saturated rings. The first kappa shape index (κ1) is 14.5. The molecule has 0 bridgehead atoms. The molecule has 1 amide bonds. The van der Waals surface area contributed by atoms with Crippen molar-refractivity contribution in [2.45, 2.75) is 51.7 Å². The Morgan fingerprint density at radius 2 is 2.24 bits per heavy atom. The molecule has 1 saturated heterocycles. The highest BCUT2D eigenvalue weighted by atomic mass is 16.5. The maximum Gasteiger partial charge on any atom is 0.239 e. The molecule has 0 saturated carbocycles. The van der Waals surface area contributed by atoms with Gasteiger partial charge in [0.2, 0.25) is 5.91 Å². The zero-order chi connectivity index (χ0) is 13.1. The van der Waals surface area contributed by atoms with Gasteiger partial charge in [0.15, 0.2) is 0 Å². The van der Waals surface area contributed by atoms with Gasteiger partial charge in [-0.3, -0.25) is 4.79 Å². The van der Waals surface area contributed by atoms with Crippen LogP contribution in [0.1, 0.15) is 40.0 Å². The van der Waals surface area contributed by atoms with Crippen molar-refractivity contribution in [3.8, 4) is 0 Å². The van der Waals surface area contributed by atoms with E-state index >= 15 is 0 Å². The zero-order valence-electron chi connectivity index (χ0n) is 11.5. The topological polar surface area (TPSA) is 55.6 Å². The van der Waals surface area contributed by atoms with Crippen molar-refractivity contribution in [1.82, 2.24) is 4.90 Å². The van der Waals surface area contributed by atoms with E-state index < -0.39 is 0 Å². The summed E-state index contributed by atoms with van der Waals surface area (Å²) in [6.07, 6.45) is 2.93. The van der Waals surface area contributed by atoms with Crippen LogP contribution in [0, 0.1) is 5.92 Å². The van der Waals surface area contributed by atoms with Gasteiger partial charge in [-0.15, -0.1) is 0 Å². The summed E-state index contributed by atoms with van der Waals surface area (Å²) in [4.78, 5) is 14.1. The quantitative estimate of drug-likeness (QED) is 0.810. The summed E-state index contributed by atoms with van der Waals surface area (Å²) < 4.78 is 5.49. The number of carbonyl (C=O) groups excluding carboxylic acids is 1. The lowest BCUT2D eigenvalue weighted by Crippen LogP contribution is -2.55. The molecule has 1 rings (SSSR count). The van der Waals surface area contributed by atoms with E-state index in [4.69, 9.17) is 10.5 Å². The van der Waals surface area contributed by atoms with Gasteiger partial charge in [-0.2, -0.15) is 0 Å². The van der Waals surface area contributed by atoms with Gasteiger partial charge in [0.05, 0.1) is 11.6 Å². The van der Waals surface area contributed by atoms with Crippen LogP contribution in [0.2, 0.25) is 0 Å². The maximum absolute atomic E-state index is 12.2. The van der Waals surface area contributed by atoms with E-state index in [0.717, 1.165) is 25.8 Å². The predicted octanol–water partition coefficient (Wildman–Crippen LogP) is 1.39. The van der Waals surface area contributed by atoms with E-state index in [1.54, 1.807) is 7.11 Å². The Bertz CT molecular complexity index is 270. The lowest BCUT2D eigenvalue weighted by molar-refractivity contribution is -0.141. The van der Waals surface area contributed by atoms with Crippen molar-refractivity contribution in [3.63, 3.8) is 0 Å². The van der Waals surface area contributed by atoms with Crippen molar-refractivity contribution >= 4 is 5.91 Å². The van der Waals surface area contributed by atoms with Crippen LogP contribution in [0.15, 0.2) is 0 Å². The Hall–Kier alpha value is -0.610. The number of rotatable bonds is 4. The molecule has 100 valence electrons. The molecular weight excluding hydrogens is 216 g/mol. The summed E-state index contributed by atoms with van der Waals surface area (Å²) >= 11 is 0. The average Bonchev–Trinajstić information content (AvgIpc) is 2.36. The number of amides is 1. The normalized spacial score (nSPS) is 28.9. The van der Waals surface area contributed by atoms with Gasteiger partial charge in [0.25, 0.3) is 0 Å². The predicted molar refractivity (Wildman–Crippen MR) is 68.7 cm³/mol. The highest BCUT2D eigenvalue weighted by Gasteiger charge is 2.35. The zero-order valence-corrected chi connectivity index (χ0v) is 11.5. The Balaban J connectivity index is 2.63. The highest BCUT2D eigenvalue weighted by Crippen LogP contribution is 2.24. The molecule has 0 aromatic carbocycles. The fourth-order valence-corrected chi connectivity index (χ4v) is 2.27. The minimum absolute atomic E-state index is 0.0716. The molecule has 3 atom stereocenters. The molecule has 2 N–H and O–H groups in total. The van der Waals surface area contributed by atoms with Gasteiger partial charge in [0, 0.05) is 20.2 Å². The minimum atomic E-state index is -0.376. The van der Waals surface area contributed by atoms with Crippen LogP contribution in [0.4, 0.5) is 0 Å². The summed E-state index contributed by atoms with van der Waals surface area (Å²) in [7, 11) is 1.71. The number of hydrogen-bond donors (Lipinski definition) is 1. The molecule has 0 aromatic rings. The van der Waals surface area contributed by atoms with E-state index in [-0.39, 0.29) is 23.5 Å². The van der Waals surface area contributed by atoms with Crippen molar-refractivity contribution < 1.29 is 9.53 Å². The minimum Gasteiger partial charge on any atom is -0.377 e. The average molecular weight is 242 g/mol. The van der Waals surface area contributed by atoms with Gasteiger partial charge in [-0.1, -0.05) is 20.3 Å². The van der Waals surface area contributed by atoms with Crippen LogP contribution >= 0.6 is 0 Å². The van der Waals surface area contributed by atoms with Crippen LogP contribution in [-0.2, 0) is 9.53 Å². The number of hydrogen-bond acceptors (Lipinski definition) is 3. The molecular formula is C13H26N2O2. The molecule has 0 spiro atoms. The Morgan fingerprint density at radius 1 is 1.59 bits per heavy atom. The second kappa shape index (κ2) is 5.83. The van der Waals surface area contributed by atoms with Gasteiger partial charge >= 0.3 is 0 Å². The number of methoxy groups -OCH3 is 1. The van der Waals surface area contributed by atoms with Crippen LogP contribution in [0.25, 0.3) is 0 Å². The van der Waals surface area contributed by atoms with Gasteiger partial charge in [-0.25, -0.2) is 0 Å². The van der Waals surface area contributed by atoms with Gasteiger partial charge in [0.1, 0.15) is 0 Å². The third kappa shape index (κ3) is 3.42. The molecule has 17 heavy (non-hydrogen) atoms. The molecule has 0 aromatic heterocycles.